The maximum Gasteiger partial charge on any atom is 0.241 e. The summed E-state index contributed by atoms with van der Waals surface area (Å²) in [5, 5.41) is 2.55. The Morgan fingerprint density at radius 2 is 2.33 bits per heavy atom. The minimum Gasteiger partial charge on any atom is -0.479 e. The van der Waals surface area contributed by atoms with Crippen LogP contribution in [0.5, 0.6) is 5.88 Å². The Bertz CT molecular complexity index is 332. The number of anilines is 1. The van der Waals surface area contributed by atoms with Crippen LogP contribution in [0.2, 0.25) is 0 Å². The average Bonchev–Trinajstić information content (AvgIpc) is 2.18. The van der Waals surface area contributed by atoms with Crippen molar-refractivity contribution in [3.05, 3.63) is 12.5 Å². The lowest BCUT2D eigenvalue weighted by atomic mass is 10.3. The molecule has 0 bridgehead atoms. The molecule has 1 aromatic rings. The fraction of sp³-hybridized carbons (Fsp3) is 0.375. The number of rotatable bonds is 3. The van der Waals surface area contributed by atoms with Gasteiger partial charge in [0.25, 0.3) is 0 Å². The van der Waals surface area contributed by atoms with Gasteiger partial charge in [0.15, 0.2) is 0 Å². The Hall–Kier alpha value is -1.40. The van der Waals surface area contributed by atoms with Gasteiger partial charge in [-0.2, -0.15) is 4.98 Å². The van der Waals surface area contributed by atoms with Crippen LogP contribution in [0.15, 0.2) is 12.5 Å². The van der Waals surface area contributed by atoms with Crippen molar-refractivity contribution in [1.29, 1.82) is 0 Å². The van der Waals surface area contributed by atoms with Crippen LogP contribution in [0.4, 0.5) is 5.69 Å². The third-order valence-electron chi connectivity index (χ3n) is 1.54. The molecule has 84 valence electrons. The van der Waals surface area contributed by atoms with Gasteiger partial charge in [0.1, 0.15) is 12.0 Å². The van der Waals surface area contributed by atoms with Crippen LogP contribution in [0.1, 0.15) is 6.92 Å². The lowest BCUT2D eigenvalue weighted by Crippen LogP contribution is -2.32. The maximum absolute atomic E-state index is 11.2. The van der Waals surface area contributed by atoms with E-state index in [1.165, 1.54) is 19.6 Å². The highest BCUT2D eigenvalue weighted by atomic mass is 35.5. The number of nitrogens with two attached hydrogens (primary N) is 1. The van der Waals surface area contributed by atoms with Gasteiger partial charge in [-0.3, -0.25) is 4.79 Å². The molecular weight excluding hydrogens is 220 g/mol. The fourth-order valence-electron chi connectivity index (χ4n) is 0.813. The summed E-state index contributed by atoms with van der Waals surface area (Å²) in [6.07, 6.45) is 2.78. The third-order valence-corrected chi connectivity index (χ3v) is 1.54. The van der Waals surface area contributed by atoms with E-state index in [0.717, 1.165) is 0 Å². The summed E-state index contributed by atoms with van der Waals surface area (Å²) in [7, 11) is 1.46. The third kappa shape index (κ3) is 3.69. The highest BCUT2D eigenvalue weighted by Gasteiger charge is 2.11. The molecule has 0 spiro atoms. The molecule has 1 aromatic heterocycles. The predicted octanol–water partition coefficient (Wildman–Crippen LogP) is 0.193. The Balaban J connectivity index is 0.00000196. The maximum atomic E-state index is 11.2. The standard InChI is InChI=1S/C8H12N4O2.ClH/c1-5(9)7(13)12-6-3-10-4-11-8(6)14-2;/h3-5H,9H2,1-2H3,(H,12,13);1H. The van der Waals surface area contributed by atoms with E-state index in [2.05, 4.69) is 15.3 Å². The van der Waals surface area contributed by atoms with Crippen molar-refractivity contribution in [2.45, 2.75) is 13.0 Å². The minimum absolute atomic E-state index is 0. The quantitative estimate of drug-likeness (QED) is 0.777. The predicted molar refractivity (Wildman–Crippen MR) is 58.1 cm³/mol. The van der Waals surface area contributed by atoms with Gasteiger partial charge in [0.2, 0.25) is 11.8 Å². The molecule has 1 rings (SSSR count). The highest BCUT2D eigenvalue weighted by Crippen LogP contribution is 2.18. The molecule has 6 nitrogen and oxygen atoms in total. The number of ether oxygens (including phenoxy) is 1. The summed E-state index contributed by atoms with van der Waals surface area (Å²) in [4.78, 5) is 18.8. The number of nitrogens with zero attached hydrogens (tertiary/aromatic N) is 2. The number of nitrogens with one attached hydrogen (secondary N) is 1. The Labute approximate surface area is 93.6 Å². The van der Waals surface area contributed by atoms with Gasteiger partial charge in [-0.1, -0.05) is 0 Å². The van der Waals surface area contributed by atoms with Crippen LogP contribution in [0, 0.1) is 0 Å². The van der Waals surface area contributed by atoms with Crippen molar-refractivity contribution in [2.24, 2.45) is 5.73 Å². The summed E-state index contributed by atoms with van der Waals surface area (Å²) in [6.45, 7) is 1.59. The number of halogens is 1. The van der Waals surface area contributed by atoms with Gasteiger partial charge in [0.05, 0.1) is 19.3 Å². The summed E-state index contributed by atoms with van der Waals surface area (Å²) in [5.41, 5.74) is 5.80. The van der Waals surface area contributed by atoms with E-state index < -0.39 is 6.04 Å². The molecule has 1 amide bonds. The van der Waals surface area contributed by atoms with E-state index >= 15 is 0 Å². The molecule has 0 aromatic carbocycles. The van der Waals surface area contributed by atoms with Crippen LogP contribution in [-0.2, 0) is 4.79 Å². The molecule has 0 fully saturated rings. The number of carbonyl (C=O) groups excluding carboxylic acids is 1. The van der Waals surface area contributed by atoms with E-state index in [9.17, 15) is 4.79 Å². The number of hydrogen-bond donors (Lipinski definition) is 2. The number of carbonyl (C=O) groups is 1. The number of amides is 1. The molecule has 7 heteroatoms. The molecule has 1 unspecified atom stereocenters. The van der Waals surface area contributed by atoms with E-state index in [-0.39, 0.29) is 18.3 Å². The summed E-state index contributed by atoms with van der Waals surface area (Å²) in [6, 6.07) is -0.583. The van der Waals surface area contributed by atoms with Crippen molar-refractivity contribution < 1.29 is 9.53 Å². The first-order chi connectivity index (χ1) is 6.65. The van der Waals surface area contributed by atoms with Crippen molar-refractivity contribution in [1.82, 2.24) is 9.97 Å². The molecule has 15 heavy (non-hydrogen) atoms. The SMILES string of the molecule is COc1ncncc1NC(=O)C(C)N.Cl. The van der Waals surface area contributed by atoms with Crippen molar-refractivity contribution in [3.8, 4) is 5.88 Å². The van der Waals surface area contributed by atoms with E-state index in [0.29, 0.717) is 11.6 Å². The molecule has 1 heterocycles. The monoisotopic (exact) mass is 232 g/mol. The minimum atomic E-state index is -0.583. The van der Waals surface area contributed by atoms with E-state index in [1.54, 1.807) is 6.92 Å². The van der Waals surface area contributed by atoms with Crippen molar-refractivity contribution in [2.75, 3.05) is 12.4 Å². The lowest BCUT2D eigenvalue weighted by Gasteiger charge is -2.09. The normalized spacial score (nSPS) is 11.1. The fourth-order valence-corrected chi connectivity index (χ4v) is 0.813. The molecular formula is C8H13ClN4O2. The highest BCUT2D eigenvalue weighted by molar-refractivity contribution is 5.95. The number of methoxy groups -OCH3 is 1. The Kier molecular flexibility index (Phi) is 5.58. The van der Waals surface area contributed by atoms with Crippen molar-refractivity contribution >= 4 is 24.0 Å². The first-order valence-corrected chi connectivity index (χ1v) is 4.05. The topological polar surface area (TPSA) is 90.1 Å². The molecule has 0 saturated carbocycles. The first kappa shape index (κ1) is 13.6. The molecule has 1 atom stereocenters. The smallest absolute Gasteiger partial charge is 0.241 e. The molecule has 0 aliphatic carbocycles. The Morgan fingerprint density at radius 1 is 1.67 bits per heavy atom. The van der Waals surface area contributed by atoms with Gasteiger partial charge in [0, 0.05) is 0 Å². The lowest BCUT2D eigenvalue weighted by molar-refractivity contribution is -0.117. The van der Waals surface area contributed by atoms with Crippen LogP contribution >= 0.6 is 12.4 Å². The molecule has 3 N–H and O–H groups in total. The van der Waals surface area contributed by atoms with Crippen LogP contribution < -0.4 is 15.8 Å². The van der Waals surface area contributed by atoms with Crippen LogP contribution in [0.25, 0.3) is 0 Å². The largest absolute Gasteiger partial charge is 0.479 e. The zero-order chi connectivity index (χ0) is 10.6. The zero-order valence-electron chi connectivity index (χ0n) is 8.43. The zero-order valence-corrected chi connectivity index (χ0v) is 9.25. The van der Waals surface area contributed by atoms with Gasteiger partial charge in [-0.05, 0) is 6.92 Å². The molecule has 0 saturated heterocycles. The number of hydrogen-bond acceptors (Lipinski definition) is 5. The molecule has 0 radical (unpaired) electrons. The van der Waals surface area contributed by atoms with Gasteiger partial charge in [-0.25, -0.2) is 4.98 Å². The van der Waals surface area contributed by atoms with Crippen LogP contribution in [0.3, 0.4) is 0 Å². The van der Waals surface area contributed by atoms with Gasteiger partial charge in [-0.15, -0.1) is 12.4 Å². The van der Waals surface area contributed by atoms with Gasteiger partial charge < -0.3 is 15.8 Å². The summed E-state index contributed by atoms with van der Waals surface area (Å²) < 4.78 is 4.92. The van der Waals surface area contributed by atoms with E-state index in [4.69, 9.17) is 10.5 Å². The summed E-state index contributed by atoms with van der Waals surface area (Å²) in [5.74, 6) is 0.00657. The second-order valence-electron chi connectivity index (χ2n) is 2.72. The second-order valence-corrected chi connectivity index (χ2v) is 2.72. The second kappa shape index (κ2) is 6.15. The average molecular weight is 233 g/mol. The summed E-state index contributed by atoms with van der Waals surface area (Å²) >= 11 is 0. The van der Waals surface area contributed by atoms with E-state index in [1.807, 2.05) is 0 Å². The molecule has 0 aliphatic heterocycles. The Morgan fingerprint density at radius 3 is 2.87 bits per heavy atom. The first-order valence-electron chi connectivity index (χ1n) is 4.05. The van der Waals surface area contributed by atoms with Gasteiger partial charge >= 0.3 is 0 Å². The number of aromatic nitrogens is 2. The van der Waals surface area contributed by atoms with Crippen LogP contribution in [-0.4, -0.2) is 29.0 Å². The van der Waals surface area contributed by atoms with Crippen molar-refractivity contribution in [3.63, 3.8) is 0 Å². The molecule has 0 aliphatic rings.